The van der Waals surface area contributed by atoms with Crippen molar-refractivity contribution in [1.29, 1.82) is 5.41 Å². The predicted molar refractivity (Wildman–Crippen MR) is 111 cm³/mol. The Hall–Kier alpha value is -2.92. The van der Waals surface area contributed by atoms with Gasteiger partial charge in [0.1, 0.15) is 18.8 Å². The lowest BCUT2D eigenvalue weighted by Crippen LogP contribution is -2.55. The van der Waals surface area contributed by atoms with E-state index in [4.69, 9.17) is 16.2 Å². The molecule has 0 aromatic heterocycles. The number of likely N-dealkylation sites (tertiary alicyclic amines) is 1. The highest BCUT2D eigenvalue weighted by Crippen LogP contribution is 2.21. The van der Waals surface area contributed by atoms with Crippen molar-refractivity contribution >= 4 is 29.7 Å². The van der Waals surface area contributed by atoms with Crippen LogP contribution < -0.4 is 21.7 Å². The molecule has 1 rings (SSSR count). The van der Waals surface area contributed by atoms with Crippen molar-refractivity contribution in [2.75, 3.05) is 19.8 Å². The normalized spacial score (nSPS) is 17.7. The van der Waals surface area contributed by atoms with Crippen molar-refractivity contribution in [3.63, 3.8) is 0 Å². The van der Waals surface area contributed by atoms with Gasteiger partial charge in [-0.25, -0.2) is 9.18 Å². The fraction of sp³-hybridized carbons (Fsp3) is 0.737. The number of nitrogens with two attached hydrogens (primary N) is 1. The Bertz CT molecular complexity index is 674. The Morgan fingerprint density at radius 1 is 1.23 bits per heavy atom. The number of rotatable bonds is 12. The van der Waals surface area contributed by atoms with E-state index >= 15 is 0 Å². The summed E-state index contributed by atoms with van der Waals surface area (Å²) in [5.74, 6) is -2.03. The van der Waals surface area contributed by atoms with Crippen LogP contribution in [0.15, 0.2) is 0 Å². The molecule has 1 saturated heterocycles. The first-order valence-corrected chi connectivity index (χ1v) is 10.3. The SMILES string of the molecule is CC(C)CC(NC(=O)O)C(=O)N1CCC[C@H]1C(=O)NC(CCCNC(=N)N)C(=O)CF. The van der Waals surface area contributed by atoms with Crippen molar-refractivity contribution in [3.8, 4) is 0 Å². The van der Waals surface area contributed by atoms with Gasteiger partial charge in [-0.15, -0.1) is 0 Å². The molecule has 11 nitrogen and oxygen atoms in total. The van der Waals surface area contributed by atoms with E-state index in [0.717, 1.165) is 0 Å². The number of ketones is 1. The Morgan fingerprint density at radius 3 is 2.45 bits per heavy atom. The van der Waals surface area contributed by atoms with Crippen LogP contribution in [0, 0.1) is 11.3 Å². The van der Waals surface area contributed by atoms with E-state index < -0.39 is 48.5 Å². The highest BCUT2D eigenvalue weighted by Gasteiger charge is 2.38. The number of hydrogen-bond acceptors (Lipinski definition) is 5. The van der Waals surface area contributed by atoms with Gasteiger partial charge in [-0.1, -0.05) is 13.8 Å². The number of nitrogens with zero attached hydrogens (tertiary/aromatic N) is 1. The van der Waals surface area contributed by atoms with Gasteiger partial charge in [0, 0.05) is 13.1 Å². The molecule has 1 heterocycles. The van der Waals surface area contributed by atoms with Gasteiger partial charge in [0.15, 0.2) is 11.7 Å². The molecule has 0 aromatic rings. The maximum Gasteiger partial charge on any atom is 0.405 e. The fourth-order valence-electron chi connectivity index (χ4n) is 3.55. The summed E-state index contributed by atoms with van der Waals surface area (Å²) in [6, 6.07) is -2.90. The first-order valence-electron chi connectivity index (χ1n) is 10.3. The van der Waals surface area contributed by atoms with Crippen LogP contribution in [0.4, 0.5) is 9.18 Å². The largest absolute Gasteiger partial charge is 0.465 e. The van der Waals surface area contributed by atoms with E-state index in [-0.39, 0.29) is 37.8 Å². The van der Waals surface area contributed by atoms with E-state index in [1.54, 1.807) is 0 Å². The molecular weight excluding hydrogens is 411 g/mol. The molecule has 1 fully saturated rings. The van der Waals surface area contributed by atoms with E-state index in [1.807, 2.05) is 13.8 Å². The van der Waals surface area contributed by atoms with Crippen molar-refractivity contribution in [3.05, 3.63) is 0 Å². The molecule has 0 spiro atoms. The summed E-state index contributed by atoms with van der Waals surface area (Å²) in [7, 11) is 0. The summed E-state index contributed by atoms with van der Waals surface area (Å²) in [4.78, 5) is 50.1. The number of amides is 3. The minimum atomic E-state index is -1.33. The lowest BCUT2D eigenvalue weighted by atomic mass is 10.0. The average molecular weight is 445 g/mol. The number of hydrogen-bond donors (Lipinski definition) is 6. The number of halogens is 1. The van der Waals surface area contributed by atoms with Crippen molar-refractivity contribution in [1.82, 2.24) is 20.9 Å². The van der Waals surface area contributed by atoms with Crippen molar-refractivity contribution in [2.24, 2.45) is 11.7 Å². The molecule has 2 unspecified atom stereocenters. The molecule has 0 bridgehead atoms. The molecule has 1 aliphatic heterocycles. The molecule has 3 atom stereocenters. The van der Waals surface area contributed by atoms with Gasteiger partial charge in [-0.3, -0.25) is 19.8 Å². The number of alkyl halides is 1. The Labute approximate surface area is 180 Å². The Balaban J connectivity index is 2.83. The highest BCUT2D eigenvalue weighted by molar-refractivity contribution is 5.94. The quantitative estimate of drug-likeness (QED) is 0.139. The average Bonchev–Trinajstić information content (AvgIpc) is 3.17. The van der Waals surface area contributed by atoms with Gasteiger partial charge in [-0.2, -0.15) is 0 Å². The summed E-state index contributed by atoms with van der Waals surface area (Å²) in [6.07, 6.45) is 0.375. The first-order chi connectivity index (χ1) is 14.6. The number of carboxylic acid groups (broad SMARTS) is 1. The van der Waals surface area contributed by atoms with Crippen LogP contribution in [0.25, 0.3) is 0 Å². The van der Waals surface area contributed by atoms with Gasteiger partial charge in [0.2, 0.25) is 11.8 Å². The number of carbonyl (C=O) groups is 4. The molecule has 0 saturated carbocycles. The van der Waals surface area contributed by atoms with Gasteiger partial charge in [0.05, 0.1) is 6.04 Å². The molecule has 3 amide bonds. The lowest BCUT2D eigenvalue weighted by Gasteiger charge is -2.30. The van der Waals surface area contributed by atoms with E-state index in [0.29, 0.717) is 19.3 Å². The van der Waals surface area contributed by atoms with E-state index in [9.17, 15) is 23.6 Å². The second-order valence-corrected chi connectivity index (χ2v) is 7.97. The van der Waals surface area contributed by atoms with Gasteiger partial charge >= 0.3 is 6.09 Å². The third-order valence-corrected chi connectivity index (χ3v) is 4.96. The van der Waals surface area contributed by atoms with Gasteiger partial charge in [-0.05, 0) is 38.0 Å². The van der Waals surface area contributed by atoms with Crippen LogP contribution in [-0.4, -0.2) is 77.5 Å². The number of nitrogens with one attached hydrogen (secondary N) is 4. The van der Waals surface area contributed by atoms with Gasteiger partial charge < -0.3 is 31.7 Å². The standard InChI is InChI=1S/C19H33FN6O5/c1-11(2)9-13(25-19(30)31)17(29)26-8-4-6-14(26)16(28)24-12(15(27)10-20)5-3-7-23-18(21)22/h11-14,25H,3-10H2,1-2H3,(H,24,28)(H,30,31)(H4,21,22,23)/t12?,13?,14-/m0/s1. The number of Topliss-reactive ketones (excluding diaryl/α,β-unsaturated/α-hetero) is 1. The van der Waals surface area contributed by atoms with Crippen molar-refractivity contribution < 1.29 is 28.7 Å². The molecule has 1 aliphatic rings. The van der Waals surface area contributed by atoms with E-state index in [1.165, 1.54) is 4.90 Å². The molecule has 0 aliphatic carbocycles. The summed E-state index contributed by atoms with van der Waals surface area (Å²) in [5.41, 5.74) is 5.18. The molecule has 12 heteroatoms. The van der Waals surface area contributed by atoms with Crippen LogP contribution in [0.2, 0.25) is 0 Å². The minimum Gasteiger partial charge on any atom is -0.465 e. The summed E-state index contributed by atoms with van der Waals surface area (Å²) in [5, 5.41) is 23.5. The zero-order chi connectivity index (χ0) is 23.6. The predicted octanol–water partition coefficient (Wildman–Crippen LogP) is -0.0536. The monoisotopic (exact) mass is 444 g/mol. The fourth-order valence-corrected chi connectivity index (χ4v) is 3.55. The Kier molecular flexibility index (Phi) is 10.7. The third kappa shape index (κ3) is 8.77. The molecule has 31 heavy (non-hydrogen) atoms. The van der Waals surface area contributed by atoms with Crippen LogP contribution in [0.1, 0.15) is 46.0 Å². The zero-order valence-electron chi connectivity index (χ0n) is 17.9. The summed E-state index contributed by atoms with van der Waals surface area (Å²) in [6.45, 7) is 3.04. The van der Waals surface area contributed by atoms with Crippen molar-refractivity contribution in [2.45, 2.75) is 64.1 Å². The van der Waals surface area contributed by atoms with Crippen LogP contribution in [0.5, 0.6) is 0 Å². The van der Waals surface area contributed by atoms with Gasteiger partial charge in [0.25, 0.3) is 0 Å². The molecular formula is C19H33FN6O5. The summed E-state index contributed by atoms with van der Waals surface area (Å²) < 4.78 is 13.0. The molecule has 0 aromatic carbocycles. The first kappa shape index (κ1) is 26.1. The highest BCUT2D eigenvalue weighted by atomic mass is 19.1. The summed E-state index contributed by atoms with van der Waals surface area (Å²) >= 11 is 0. The molecule has 176 valence electrons. The van der Waals surface area contributed by atoms with E-state index in [2.05, 4.69) is 16.0 Å². The topological polar surface area (TPSA) is 178 Å². The Morgan fingerprint density at radius 2 is 1.90 bits per heavy atom. The zero-order valence-corrected chi connectivity index (χ0v) is 17.9. The van der Waals surface area contributed by atoms with Crippen LogP contribution >= 0.6 is 0 Å². The number of carbonyl (C=O) groups excluding carboxylic acids is 3. The number of guanidine groups is 1. The molecule has 7 N–H and O–H groups in total. The second-order valence-electron chi connectivity index (χ2n) is 7.97. The third-order valence-electron chi connectivity index (χ3n) is 4.96. The maximum absolute atomic E-state index is 13.0. The smallest absolute Gasteiger partial charge is 0.405 e. The molecule has 0 radical (unpaired) electrons. The second kappa shape index (κ2) is 12.7. The van der Waals surface area contributed by atoms with Crippen LogP contribution in [-0.2, 0) is 14.4 Å². The lowest BCUT2D eigenvalue weighted by molar-refractivity contribution is -0.141. The maximum atomic E-state index is 13.0. The minimum absolute atomic E-state index is 0.0471. The van der Waals surface area contributed by atoms with Crippen LogP contribution in [0.3, 0.4) is 0 Å².